The lowest BCUT2D eigenvalue weighted by molar-refractivity contribution is -0.385. The van der Waals surface area contributed by atoms with Gasteiger partial charge in [0.15, 0.2) is 0 Å². The van der Waals surface area contributed by atoms with E-state index < -0.39 is 14.9 Å². The number of hydrogen-bond acceptors (Lipinski definition) is 8. The molecule has 0 spiro atoms. The number of non-ortho nitro benzene ring substituents is 1. The lowest BCUT2D eigenvalue weighted by Crippen LogP contribution is -2.15. The molecule has 2 N–H and O–H groups in total. The number of nitro benzene ring substituents is 1. The molecule has 3 aromatic carbocycles. The topological polar surface area (TPSA) is 147 Å². The molecule has 0 amide bonds. The number of ether oxygens (including phenoxy) is 1. The van der Waals surface area contributed by atoms with E-state index in [4.69, 9.17) is 10.00 Å². The number of hydrazone groups is 1. The highest BCUT2D eigenvalue weighted by molar-refractivity contribution is 7.92. The molecule has 0 heterocycles. The van der Waals surface area contributed by atoms with Crippen molar-refractivity contribution in [3.8, 4) is 11.8 Å². The minimum Gasteiger partial charge on any atom is -0.497 e. The summed E-state index contributed by atoms with van der Waals surface area (Å²) in [4.78, 5) is 10.2. The monoisotopic (exact) mass is 465 g/mol. The van der Waals surface area contributed by atoms with Gasteiger partial charge in [0.05, 0.1) is 35.1 Å². The first-order chi connectivity index (χ1) is 15.7. The molecule has 0 bridgehead atoms. The van der Waals surface area contributed by atoms with Gasteiger partial charge in [0, 0.05) is 17.8 Å². The van der Waals surface area contributed by atoms with Gasteiger partial charge in [-0.3, -0.25) is 20.3 Å². The molecule has 0 aliphatic heterocycles. The average Bonchev–Trinajstić information content (AvgIpc) is 2.82. The van der Waals surface area contributed by atoms with Gasteiger partial charge in [-0.15, -0.1) is 0 Å². The van der Waals surface area contributed by atoms with Crippen LogP contribution in [0.4, 0.5) is 17.1 Å². The zero-order valence-corrected chi connectivity index (χ0v) is 18.5. The predicted octanol–water partition coefficient (Wildman–Crippen LogP) is 4.11. The van der Waals surface area contributed by atoms with Gasteiger partial charge in [-0.1, -0.05) is 12.1 Å². The van der Waals surface area contributed by atoms with E-state index in [9.17, 15) is 18.5 Å². The molecule has 0 aliphatic rings. The summed E-state index contributed by atoms with van der Waals surface area (Å²) in [5, 5.41) is 24.3. The highest BCUT2D eigenvalue weighted by Crippen LogP contribution is 2.29. The second kappa shape index (κ2) is 9.80. The second-order valence-electron chi connectivity index (χ2n) is 6.77. The Hall–Kier alpha value is -4.43. The van der Waals surface area contributed by atoms with Crippen molar-refractivity contribution in [1.29, 1.82) is 5.26 Å². The third-order valence-electron chi connectivity index (χ3n) is 4.58. The first-order valence-electron chi connectivity index (χ1n) is 9.49. The summed E-state index contributed by atoms with van der Waals surface area (Å²) < 4.78 is 33.6. The molecule has 0 unspecified atom stereocenters. The Labute approximate surface area is 190 Å². The van der Waals surface area contributed by atoms with Gasteiger partial charge >= 0.3 is 0 Å². The molecule has 168 valence electrons. The van der Waals surface area contributed by atoms with Gasteiger partial charge in [0.2, 0.25) is 0 Å². The highest BCUT2D eigenvalue weighted by Gasteiger charge is 2.23. The van der Waals surface area contributed by atoms with Gasteiger partial charge < -0.3 is 4.74 Å². The van der Waals surface area contributed by atoms with Crippen LogP contribution < -0.4 is 14.9 Å². The summed E-state index contributed by atoms with van der Waals surface area (Å²) in [5.74, 6) is 0.545. The first-order valence-corrected chi connectivity index (χ1v) is 11.0. The summed E-state index contributed by atoms with van der Waals surface area (Å²) >= 11 is 0. The van der Waals surface area contributed by atoms with Crippen molar-refractivity contribution >= 4 is 32.8 Å². The quantitative estimate of drug-likeness (QED) is 0.289. The van der Waals surface area contributed by atoms with Crippen LogP contribution in [0.25, 0.3) is 0 Å². The Morgan fingerprint density at radius 2 is 1.76 bits per heavy atom. The average molecular weight is 465 g/mol. The van der Waals surface area contributed by atoms with Crippen molar-refractivity contribution in [1.82, 2.24) is 0 Å². The summed E-state index contributed by atoms with van der Waals surface area (Å²) in [6.07, 6.45) is 0. The Balaban J connectivity index is 1.94. The molecule has 0 aliphatic carbocycles. The van der Waals surface area contributed by atoms with Crippen LogP contribution >= 0.6 is 0 Å². The molecule has 0 radical (unpaired) electrons. The van der Waals surface area contributed by atoms with E-state index in [1.54, 1.807) is 43.3 Å². The van der Waals surface area contributed by atoms with E-state index in [1.165, 1.54) is 31.4 Å². The number of nitrogens with one attached hydrogen (secondary N) is 2. The summed E-state index contributed by atoms with van der Waals surface area (Å²) in [6.45, 7) is 1.70. The molecular weight excluding hydrogens is 446 g/mol. The normalized spacial score (nSPS) is 11.4. The Kier molecular flexibility index (Phi) is 6.90. The van der Waals surface area contributed by atoms with E-state index >= 15 is 0 Å². The minimum absolute atomic E-state index is 0.0506. The van der Waals surface area contributed by atoms with Crippen LogP contribution in [0.5, 0.6) is 5.75 Å². The van der Waals surface area contributed by atoms with Crippen LogP contribution in [0.1, 0.15) is 18.1 Å². The number of benzene rings is 3. The molecule has 10 nitrogen and oxygen atoms in total. The predicted molar refractivity (Wildman–Crippen MR) is 124 cm³/mol. The number of nitrogens with zero attached hydrogens (tertiary/aromatic N) is 3. The van der Waals surface area contributed by atoms with Crippen LogP contribution in [0.2, 0.25) is 0 Å². The summed E-state index contributed by atoms with van der Waals surface area (Å²) in [6, 6.07) is 18.3. The van der Waals surface area contributed by atoms with Crippen molar-refractivity contribution in [2.24, 2.45) is 5.10 Å². The molecule has 3 aromatic rings. The van der Waals surface area contributed by atoms with Crippen molar-refractivity contribution < 1.29 is 18.1 Å². The number of nitro groups is 1. The number of nitriles is 1. The molecule has 33 heavy (non-hydrogen) atoms. The summed E-state index contributed by atoms with van der Waals surface area (Å²) in [5.41, 5.74) is 4.32. The number of methoxy groups -OCH3 is 1. The second-order valence-corrected chi connectivity index (χ2v) is 8.42. The molecule has 0 fully saturated rings. The molecule has 11 heteroatoms. The van der Waals surface area contributed by atoms with Gasteiger partial charge in [-0.05, 0) is 55.0 Å². The van der Waals surface area contributed by atoms with Crippen LogP contribution in [0.15, 0.2) is 76.7 Å². The van der Waals surface area contributed by atoms with Crippen LogP contribution in [-0.2, 0) is 10.0 Å². The van der Waals surface area contributed by atoms with Crippen LogP contribution in [-0.4, -0.2) is 26.2 Å². The molecule has 0 saturated carbocycles. The van der Waals surface area contributed by atoms with Crippen LogP contribution in [0, 0.1) is 21.4 Å². The fourth-order valence-corrected chi connectivity index (χ4v) is 4.04. The van der Waals surface area contributed by atoms with Gasteiger partial charge in [0.25, 0.3) is 15.7 Å². The third kappa shape index (κ3) is 5.63. The van der Waals surface area contributed by atoms with E-state index in [-0.39, 0.29) is 22.0 Å². The maximum atomic E-state index is 13.1. The highest BCUT2D eigenvalue weighted by atomic mass is 32.2. The number of rotatable bonds is 8. The zero-order chi connectivity index (χ0) is 24.0. The fraction of sp³-hybridized carbons (Fsp3) is 0.0909. The molecule has 0 aromatic heterocycles. The van der Waals surface area contributed by atoms with Crippen molar-refractivity contribution in [2.45, 2.75) is 11.8 Å². The Morgan fingerprint density at radius 3 is 2.33 bits per heavy atom. The molecular formula is C22H19N5O5S. The first kappa shape index (κ1) is 23.2. The Morgan fingerprint density at radius 1 is 1.09 bits per heavy atom. The lowest BCUT2D eigenvalue weighted by atomic mass is 10.1. The minimum atomic E-state index is -4.20. The maximum Gasteiger partial charge on any atom is 0.270 e. The fourth-order valence-electron chi connectivity index (χ4n) is 2.80. The largest absolute Gasteiger partial charge is 0.497 e. The van der Waals surface area contributed by atoms with Crippen molar-refractivity contribution in [3.05, 3.63) is 88.0 Å². The number of hydrogen-bond donors (Lipinski definition) is 2. The smallest absolute Gasteiger partial charge is 0.270 e. The SMILES string of the molecule is COc1ccc(NS(=O)(=O)c2cc([N+](=O)[O-])ccc2NN=C(C)c2ccc(C#N)cc2)cc1. The van der Waals surface area contributed by atoms with Gasteiger partial charge in [0.1, 0.15) is 10.6 Å². The lowest BCUT2D eigenvalue weighted by Gasteiger charge is -2.13. The Bertz CT molecular complexity index is 1350. The van der Waals surface area contributed by atoms with E-state index in [1.807, 2.05) is 6.07 Å². The van der Waals surface area contributed by atoms with Gasteiger partial charge in [-0.2, -0.15) is 10.4 Å². The van der Waals surface area contributed by atoms with E-state index in [0.29, 0.717) is 22.6 Å². The van der Waals surface area contributed by atoms with E-state index in [0.717, 1.165) is 6.07 Å². The molecule has 3 rings (SSSR count). The number of sulfonamides is 1. The maximum absolute atomic E-state index is 13.1. The number of anilines is 2. The van der Waals surface area contributed by atoms with Crippen molar-refractivity contribution in [3.63, 3.8) is 0 Å². The van der Waals surface area contributed by atoms with Crippen LogP contribution in [0.3, 0.4) is 0 Å². The third-order valence-corrected chi connectivity index (χ3v) is 6.00. The molecule has 0 saturated heterocycles. The molecule has 0 atom stereocenters. The van der Waals surface area contributed by atoms with E-state index in [2.05, 4.69) is 15.2 Å². The standard InChI is InChI=1S/C22H19N5O5S/c1-15(17-5-3-16(14-23)4-6-17)24-25-21-12-9-19(27(28)29)13-22(21)33(30,31)26-18-7-10-20(32-2)11-8-18/h3-13,25-26H,1-2H3. The van der Waals surface area contributed by atoms with Crippen molar-refractivity contribution in [2.75, 3.05) is 17.3 Å². The van der Waals surface area contributed by atoms with Gasteiger partial charge in [-0.25, -0.2) is 8.42 Å². The zero-order valence-electron chi connectivity index (χ0n) is 17.6. The summed E-state index contributed by atoms with van der Waals surface area (Å²) in [7, 11) is -2.72.